The molecule has 0 N–H and O–H groups in total. The minimum Gasteiger partial charge on any atom is -0.377 e. The maximum Gasteiger partial charge on any atom is 0.0727 e. The normalized spacial score (nSPS) is 11.2. The maximum atomic E-state index is 8.87. The molecule has 0 radical (unpaired) electrons. The van der Waals surface area contributed by atoms with Crippen LogP contribution in [0.15, 0.2) is 28.7 Å². The number of nitriles is 1. The lowest BCUT2D eigenvalue weighted by atomic mass is 9.90. The Balaban J connectivity index is 2.22. The van der Waals surface area contributed by atoms with Gasteiger partial charge >= 0.3 is 0 Å². The summed E-state index contributed by atoms with van der Waals surface area (Å²) in [6.45, 7) is 5.24. The third-order valence-corrected chi connectivity index (χ3v) is 3.38. The predicted octanol–water partition coefficient (Wildman–Crippen LogP) is 4.30. The highest BCUT2D eigenvalue weighted by Gasteiger charge is 2.15. The van der Waals surface area contributed by atoms with E-state index < -0.39 is 0 Å². The Bertz CT molecular complexity index is 395. The van der Waals surface area contributed by atoms with Crippen LogP contribution in [0.3, 0.4) is 0 Å². The summed E-state index contributed by atoms with van der Waals surface area (Å²) < 4.78 is 6.68. The summed E-state index contributed by atoms with van der Waals surface area (Å²) in [6.07, 6.45) is 1.80. The number of halogens is 1. The van der Waals surface area contributed by atoms with Gasteiger partial charge < -0.3 is 4.74 Å². The van der Waals surface area contributed by atoms with E-state index in [-0.39, 0.29) is 5.41 Å². The number of ether oxygens (including phenoxy) is 1. The average molecular weight is 296 g/mol. The standard InChI is InChI=1S/C14H18BrNO/c1-14(2,11-16)8-5-9-17-10-12-6-3-4-7-13(12)15/h3-4,6-7H,5,8-10H2,1-2H3. The van der Waals surface area contributed by atoms with Gasteiger partial charge in [0.2, 0.25) is 0 Å². The molecule has 3 heteroatoms. The van der Waals surface area contributed by atoms with Gasteiger partial charge in [-0.3, -0.25) is 0 Å². The van der Waals surface area contributed by atoms with Crippen LogP contribution in [-0.4, -0.2) is 6.61 Å². The minimum atomic E-state index is -0.239. The van der Waals surface area contributed by atoms with Gasteiger partial charge in [0.25, 0.3) is 0 Å². The molecule has 0 atom stereocenters. The Morgan fingerprint density at radius 3 is 2.71 bits per heavy atom. The summed E-state index contributed by atoms with van der Waals surface area (Å²) >= 11 is 3.49. The second kappa shape index (κ2) is 6.78. The fraction of sp³-hybridized carbons (Fsp3) is 0.500. The van der Waals surface area contributed by atoms with E-state index in [4.69, 9.17) is 10.00 Å². The number of nitrogens with zero attached hydrogens (tertiary/aromatic N) is 1. The van der Waals surface area contributed by atoms with E-state index in [1.54, 1.807) is 0 Å². The summed E-state index contributed by atoms with van der Waals surface area (Å²) in [5.74, 6) is 0. The molecule has 1 rings (SSSR count). The van der Waals surface area contributed by atoms with Crippen molar-refractivity contribution in [3.8, 4) is 6.07 Å². The predicted molar refractivity (Wildman–Crippen MR) is 72.4 cm³/mol. The molecule has 17 heavy (non-hydrogen) atoms. The van der Waals surface area contributed by atoms with E-state index in [9.17, 15) is 0 Å². The van der Waals surface area contributed by atoms with Crippen LogP contribution in [0.25, 0.3) is 0 Å². The lowest BCUT2D eigenvalue weighted by molar-refractivity contribution is 0.112. The number of benzene rings is 1. The van der Waals surface area contributed by atoms with E-state index in [2.05, 4.69) is 22.0 Å². The molecule has 2 nitrogen and oxygen atoms in total. The van der Waals surface area contributed by atoms with Gasteiger partial charge in [-0.2, -0.15) is 5.26 Å². The van der Waals surface area contributed by atoms with E-state index in [0.717, 1.165) is 22.9 Å². The van der Waals surface area contributed by atoms with Crippen molar-refractivity contribution in [3.63, 3.8) is 0 Å². The van der Waals surface area contributed by atoms with E-state index in [1.807, 2.05) is 38.1 Å². The van der Waals surface area contributed by atoms with Gasteiger partial charge in [-0.1, -0.05) is 34.1 Å². The van der Waals surface area contributed by atoms with Gasteiger partial charge in [-0.25, -0.2) is 0 Å². The monoisotopic (exact) mass is 295 g/mol. The fourth-order valence-electron chi connectivity index (χ4n) is 1.47. The van der Waals surface area contributed by atoms with Crippen LogP contribution in [0.4, 0.5) is 0 Å². The molecule has 0 saturated heterocycles. The van der Waals surface area contributed by atoms with Gasteiger partial charge in [0.1, 0.15) is 0 Å². The van der Waals surface area contributed by atoms with Crippen LogP contribution < -0.4 is 0 Å². The first kappa shape index (κ1) is 14.2. The van der Waals surface area contributed by atoms with E-state index in [0.29, 0.717) is 13.2 Å². The summed E-state index contributed by atoms with van der Waals surface area (Å²) in [4.78, 5) is 0. The third-order valence-electron chi connectivity index (χ3n) is 2.61. The largest absolute Gasteiger partial charge is 0.377 e. The molecular weight excluding hydrogens is 278 g/mol. The van der Waals surface area contributed by atoms with Crippen molar-refractivity contribution in [1.29, 1.82) is 5.26 Å². The Hall–Kier alpha value is -0.850. The molecule has 0 aliphatic heterocycles. The Morgan fingerprint density at radius 2 is 2.06 bits per heavy atom. The van der Waals surface area contributed by atoms with Crippen molar-refractivity contribution in [3.05, 3.63) is 34.3 Å². The molecule has 1 aromatic rings. The highest BCUT2D eigenvalue weighted by molar-refractivity contribution is 9.10. The van der Waals surface area contributed by atoms with Gasteiger partial charge in [0.05, 0.1) is 18.1 Å². The van der Waals surface area contributed by atoms with Crippen LogP contribution in [0.2, 0.25) is 0 Å². The van der Waals surface area contributed by atoms with Crippen LogP contribution in [-0.2, 0) is 11.3 Å². The number of hydrogen-bond donors (Lipinski definition) is 0. The van der Waals surface area contributed by atoms with Crippen molar-refractivity contribution < 1.29 is 4.74 Å². The molecule has 0 bridgehead atoms. The highest BCUT2D eigenvalue weighted by atomic mass is 79.9. The van der Waals surface area contributed by atoms with Crippen molar-refractivity contribution in [2.75, 3.05) is 6.61 Å². The summed E-state index contributed by atoms with van der Waals surface area (Å²) in [7, 11) is 0. The molecular formula is C14H18BrNO. The van der Waals surface area contributed by atoms with Crippen molar-refractivity contribution in [2.24, 2.45) is 5.41 Å². The number of hydrogen-bond acceptors (Lipinski definition) is 2. The zero-order valence-electron chi connectivity index (χ0n) is 10.4. The zero-order valence-corrected chi connectivity index (χ0v) is 12.0. The molecule has 0 heterocycles. The summed E-state index contributed by atoms with van der Waals surface area (Å²) in [5, 5.41) is 8.87. The van der Waals surface area contributed by atoms with Gasteiger partial charge in [0, 0.05) is 11.1 Å². The average Bonchev–Trinajstić information content (AvgIpc) is 2.31. The van der Waals surface area contributed by atoms with Gasteiger partial charge in [0.15, 0.2) is 0 Å². The Morgan fingerprint density at radius 1 is 1.35 bits per heavy atom. The first-order chi connectivity index (χ1) is 8.05. The third kappa shape index (κ3) is 5.34. The number of rotatable bonds is 6. The molecule has 0 saturated carbocycles. The molecule has 0 aliphatic rings. The van der Waals surface area contributed by atoms with Crippen LogP contribution in [0.5, 0.6) is 0 Å². The van der Waals surface area contributed by atoms with Crippen LogP contribution in [0, 0.1) is 16.7 Å². The fourth-order valence-corrected chi connectivity index (χ4v) is 1.87. The topological polar surface area (TPSA) is 33.0 Å². The molecule has 0 amide bonds. The highest BCUT2D eigenvalue weighted by Crippen LogP contribution is 2.21. The van der Waals surface area contributed by atoms with Gasteiger partial charge in [-0.15, -0.1) is 0 Å². The van der Waals surface area contributed by atoms with E-state index in [1.165, 1.54) is 0 Å². The second-order valence-corrected chi connectivity index (χ2v) is 5.60. The Labute approximate surface area is 112 Å². The summed E-state index contributed by atoms with van der Waals surface area (Å²) in [5.41, 5.74) is 0.920. The summed E-state index contributed by atoms with van der Waals surface area (Å²) in [6, 6.07) is 10.3. The Kier molecular flexibility index (Phi) is 5.67. The van der Waals surface area contributed by atoms with Crippen molar-refractivity contribution in [2.45, 2.75) is 33.3 Å². The SMILES string of the molecule is CC(C)(C#N)CCCOCc1ccccc1Br. The van der Waals surface area contributed by atoms with Crippen LogP contribution >= 0.6 is 15.9 Å². The smallest absolute Gasteiger partial charge is 0.0727 e. The minimum absolute atomic E-state index is 0.239. The quantitative estimate of drug-likeness (QED) is 0.733. The second-order valence-electron chi connectivity index (χ2n) is 4.74. The van der Waals surface area contributed by atoms with Crippen molar-refractivity contribution >= 4 is 15.9 Å². The van der Waals surface area contributed by atoms with Gasteiger partial charge in [-0.05, 0) is 38.3 Å². The first-order valence-corrected chi connectivity index (χ1v) is 6.57. The molecule has 0 spiro atoms. The maximum absolute atomic E-state index is 8.87. The molecule has 92 valence electrons. The van der Waals surface area contributed by atoms with Crippen molar-refractivity contribution in [1.82, 2.24) is 0 Å². The molecule has 0 aromatic heterocycles. The lowest BCUT2D eigenvalue weighted by Gasteiger charge is -2.14. The molecule has 1 aromatic carbocycles. The molecule has 0 fully saturated rings. The lowest BCUT2D eigenvalue weighted by Crippen LogP contribution is -2.09. The van der Waals surface area contributed by atoms with Crippen LogP contribution in [0.1, 0.15) is 32.3 Å². The van der Waals surface area contributed by atoms with E-state index >= 15 is 0 Å². The molecule has 0 unspecified atom stereocenters. The molecule has 0 aliphatic carbocycles. The first-order valence-electron chi connectivity index (χ1n) is 5.77. The zero-order chi connectivity index (χ0) is 12.7.